The maximum absolute atomic E-state index is 14.2. The molecule has 2 heterocycles. The van der Waals surface area contributed by atoms with E-state index in [2.05, 4.69) is 41.5 Å². The van der Waals surface area contributed by atoms with Crippen molar-refractivity contribution >= 4 is 47.4 Å². The summed E-state index contributed by atoms with van der Waals surface area (Å²) in [6.07, 6.45) is 4.83. The van der Waals surface area contributed by atoms with Gasteiger partial charge in [0.05, 0.1) is 12.4 Å². The number of nitrogens with two attached hydrogens (primary N) is 3. The number of H-pyrrole nitrogens is 1. The maximum atomic E-state index is 14.2. The molecular formula is C38H58N12O8. The summed E-state index contributed by atoms with van der Waals surface area (Å²) in [4.78, 5) is 105. The molecule has 20 nitrogen and oxygen atoms in total. The van der Waals surface area contributed by atoms with Crippen LogP contribution in [-0.2, 0) is 46.4 Å². The molecule has 0 saturated carbocycles. The molecule has 0 spiro atoms. The number of hydrogen-bond donors (Lipinski definition) is 10. The van der Waals surface area contributed by atoms with E-state index in [1.54, 1.807) is 37.3 Å². The van der Waals surface area contributed by atoms with Gasteiger partial charge in [-0.15, -0.1) is 0 Å². The van der Waals surface area contributed by atoms with Gasteiger partial charge >= 0.3 is 5.97 Å². The molecule has 0 radical (unpaired) electrons. The first-order valence-electron chi connectivity index (χ1n) is 19.4. The average molecular weight is 811 g/mol. The van der Waals surface area contributed by atoms with E-state index in [1.165, 1.54) is 31.3 Å². The van der Waals surface area contributed by atoms with Crippen molar-refractivity contribution in [3.63, 3.8) is 0 Å². The molecule has 1 fully saturated rings. The number of amides is 6. The second-order valence-corrected chi connectivity index (χ2v) is 14.5. The zero-order valence-corrected chi connectivity index (χ0v) is 33.4. The minimum atomic E-state index is -1.24. The van der Waals surface area contributed by atoms with Crippen LogP contribution in [0.4, 0.5) is 0 Å². The monoisotopic (exact) mass is 810 g/mol. The molecule has 3 rings (SSSR count). The number of carboxylic acids is 1. The Kier molecular flexibility index (Phi) is 18.1. The molecule has 0 aliphatic carbocycles. The summed E-state index contributed by atoms with van der Waals surface area (Å²) in [6.45, 7) is 6.89. The maximum Gasteiger partial charge on any atom is 0.326 e. The molecule has 0 unspecified atom stereocenters. The third-order valence-electron chi connectivity index (χ3n) is 9.93. The van der Waals surface area contributed by atoms with Crippen LogP contribution in [0.1, 0.15) is 71.1 Å². The summed E-state index contributed by atoms with van der Waals surface area (Å²) in [6, 6.07) is 1.15. The van der Waals surface area contributed by atoms with Crippen LogP contribution in [0.5, 0.6) is 0 Å². The lowest BCUT2D eigenvalue weighted by molar-refractivity contribution is -0.145. The SMILES string of the molecule is CC[C@H](C)[C@H](NC(=O)[C@H](C)NC(=O)[C@H](C)NC(=O)[C@@H](N)CCCN=C(N)N)C(=O)N[C@@H](Cc1cnc[nH]1)C(=O)N1CCC[C@H]1C(=O)N[C@@H](Cc1ccccc1)C(=O)O. The standard InChI is InChI=1S/C38H58N12O8/c1-5-21(2)30(49-32(52)23(4)45-31(51)22(3)46-33(53)26(39)13-9-15-43-38(40)41)35(55)47-27(18-25-19-42-20-44-25)36(56)50-16-10-14-29(50)34(54)48-28(37(57)58)17-24-11-7-6-8-12-24/h6-8,11-12,19-23,26-30H,5,9-10,13-18,39H2,1-4H3,(H,42,44)(H,45,51)(H,46,53)(H,47,55)(H,48,54)(H,49,52)(H,57,58)(H4,40,41,43)/t21-,22-,23-,26-,27-,28-,29-,30-/m0/s1. The summed E-state index contributed by atoms with van der Waals surface area (Å²) in [5, 5.41) is 23.0. The molecular weight excluding hydrogens is 752 g/mol. The lowest BCUT2D eigenvalue weighted by atomic mass is 9.97. The van der Waals surface area contributed by atoms with Crippen LogP contribution in [0.2, 0.25) is 0 Å². The number of carboxylic acid groups (broad SMARTS) is 1. The quantitative estimate of drug-likeness (QED) is 0.0357. The number of guanidine groups is 1. The summed E-state index contributed by atoms with van der Waals surface area (Å²) < 4.78 is 0. The van der Waals surface area contributed by atoms with Crippen LogP contribution < -0.4 is 43.8 Å². The molecule has 2 aromatic rings. The number of hydrogen-bond acceptors (Lipinski definition) is 10. The van der Waals surface area contributed by atoms with Crippen molar-refractivity contribution in [3.05, 3.63) is 54.1 Å². The Morgan fingerprint density at radius 2 is 1.55 bits per heavy atom. The number of likely N-dealkylation sites (tertiary alicyclic amines) is 1. The predicted molar refractivity (Wildman–Crippen MR) is 213 cm³/mol. The van der Waals surface area contributed by atoms with Gasteiger partial charge in [0.2, 0.25) is 35.4 Å². The highest BCUT2D eigenvalue weighted by Crippen LogP contribution is 2.21. The number of aliphatic imine (C=N–C) groups is 1. The Labute approximate surface area is 337 Å². The van der Waals surface area contributed by atoms with Crippen LogP contribution in [0, 0.1) is 5.92 Å². The molecule has 1 aromatic heterocycles. The number of carbonyl (C=O) groups is 7. The first-order chi connectivity index (χ1) is 27.5. The smallest absolute Gasteiger partial charge is 0.326 e. The highest BCUT2D eigenvalue weighted by molar-refractivity contribution is 5.97. The van der Waals surface area contributed by atoms with Gasteiger partial charge in [0.25, 0.3) is 0 Å². The fourth-order valence-electron chi connectivity index (χ4n) is 6.32. The van der Waals surface area contributed by atoms with Gasteiger partial charge in [0.15, 0.2) is 5.96 Å². The fraction of sp³-hybridized carbons (Fsp3) is 0.553. The van der Waals surface area contributed by atoms with E-state index in [0.29, 0.717) is 30.5 Å². The molecule has 1 saturated heterocycles. The van der Waals surface area contributed by atoms with Gasteiger partial charge in [0, 0.05) is 37.8 Å². The van der Waals surface area contributed by atoms with E-state index in [-0.39, 0.29) is 44.7 Å². The van der Waals surface area contributed by atoms with Crippen LogP contribution in [0.15, 0.2) is 47.8 Å². The summed E-state index contributed by atoms with van der Waals surface area (Å²) >= 11 is 0. The average Bonchev–Trinajstić information content (AvgIpc) is 3.90. The molecule has 13 N–H and O–H groups in total. The molecule has 58 heavy (non-hydrogen) atoms. The molecule has 318 valence electrons. The molecule has 20 heteroatoms. The minimum absolute atomic E-state index is 0.0294. The van der Waals surface area contributed by atoms with Crippen molar-refractivity contribution in [1.29, 1.82) is 0 Å². The Bertz CT molecular complexity index is 1740. The second-order valence-electron chi connectivity index (χ2n) is 14.5. The van der Waals surface area contributed by atoms with E-state index in [0.717, 1.165) is 0 Å². The normalized spacial score (nSPS) is 17.3. The third kappa shape index (κ3) is 14.2. The molecule has 1 aliphatic rings. The Hall–Kier alpha value is -6.05. The van der Waals surface area contributed by atoms with Crippen molar-refractivity contribution in [2.45, 2.75) is 115 Å². The topological polar surface area (TPSA) is 322 Å². The number of imidazole rings is 1. The summed E-state index contributed by atoms with van der Waals surface area (Å²) in [7, 11) is 0. The second kappa shape index (κ2) is 22.6. The van der Waals surface area contributed by atoms with Crippen molar-refractivity contribution in [1.82, 2.24) is 41.5 Å². The van der Waals surface area contributed by atoms with Crippen LogP contribution in [0.25, 0.3) is 0 Å². The molecule has 0 bridgehead atoms. The number of carbonyl (C=O) groups excluding carboxylic acids is 6. The zero-order valence-electron chi connectivity index (χ0n) is 33.4. The van der Waals surface area contributed by atoms with Crippen LogP contribution in [0.3, 0.4) is 0 Å². The Morgan fingerprint density at radius 1 is 0.897 bits per heavy atom. The summed E-state index contributed by atoms with van der Waals surface area (Å²) in [5.41, 5.74) is 17.7. The number of nitrogens with zero attached hydrogens (tertiary/aromatic N) is 3. The largest absolute Gasteiger partial charge is 0.480 e. The Balaban J connectivity index is 1.68. The lowest BCUT2D eigenvalue weighted by Gasteiger charge is -2.31. The van der Waals surface area contributed by atoms with Crippen molar-refractivity contribution in [2.24, 2.45) is 28.1 Å². The molecule has 8 atom stereocenters. The Morgan fingerprint density at radius 3 is 2.16 bits per heavy atom. The van der Waals surface area contributed by atoms with Crippen molar-refractivity contribution in [3.8, 4) is 0 Å². The number of rotatable bonds is 22. The zero-order chi connectivity index (χ0) is 42.9. The number of aromatic nitrogens is 2. The molecule has 1 aliphatic heterocycles. The third-order valence-corrected chi connectivity index (χ3v) is 9.93. The van der Waals surface area contributed by atoms with Crippen LogP contribution in [-0.4, -0.2) is 123 Å². The summed E-state index contributed by atoms with van der Waals surface area (Å²) in [5.74, 6) is -5.55. The predicted octanol–water partition coefficient (Wildman–Crippen LogP) is -1.84. The first kappa shape index (κ1) is 46.3. The van der Waals surface area contributed by atoms with Gasteiger partial charge in [-0.3, -0.25) is 33.8 Å². The molecule has 6 amide bonds. The minimum Gasteiger partial charge on any atom is -0.480 e. The van der Waals surface area contributed by atoms with E-state index in [4.69, 9.17) is 17.2 Å². The number of aromatic amines is 1. The van der Waals surface area contributed by atoms with Gasteiger partial charge in [-0.05, 0) is 51.0 Å². The highest BCUT2D eigenvalue weighted by atomic mass is 16.4. The number of nitrogens with one attached hydrogen (secondary N) is 6. The number of benzene rings is 1. The van der Waals surface area contributed by atoms with E-state index in [1.807, 2.05) is 6.92 Å². The van der Waals surface area contributed by atoms with Gasteiger partial charge < -0.3 is 58.8 Å². The van der Waals surface area contributed by atoms with Gasteiger partial charge in [0.1, 0.15) is 36.3 Å². The van der Waals surface area contributed by atoms with Crippen molar-refractivity contribution < 1.29 is 38.7 Å². The van der Waals surface area contributed by atoms with Gasteiger partial charge in [-0.1, -0.05) is 50.6 Å². The lowest BCUT2D eigenvalue weighted by Crippen LogP contribution is -2.60. The van der Waals surface area contributed by atoms with E-state index in [9.17, 15) is 38.7 Å². The van der Waals surface area contributed by atoms with E-state index < -0.39 is 89.6 Å². The van der Waals surface area contributed by atoms with Crippen molar-refractivity contribution in [2.75, 3.05) is 13.1 Å². The molecule has 1 aromatic carbocycles. The van der Waals surface area contributed by atoms with Gasteiger partial charge in [-0.25, -0.2) is 9.78 Å². The van der Waals surface area contributed by atoms with E-state index >= 15 is 0 Å². The number of aliphatic carboxylic acids is 1. The van der Waals surface area contributed by atoms with Gasteiger partial charge in [-0.2, -0.15) is 0 Å². The van der Waals surface area contributed by atoms with Crippen LogP contribution >= 0.6 is 0 Å². The highest BCUT2D eigenvalue weighted by Gasteiger charge is 2.40. The first-order valence-corrected chi connectivity index (χ1v) is 19.4. The fourth-order valence-corrected chi connectivity index (χ4v) is 6.32.